The fourth-order valence-corrected chi connectivity index (χ4v) is 3.68. The lowest BCUT2D eigenvalue weighted by molar-refractivity contribution is 0.669. The minimum atomic E-state index is -0.0810. The third kappa shape index (κ3) is 2.87. The van der Waals surface area contributed by atoms with Gasteiger partial charge in [0.15, 0.2) is 0 Å². The predicted molar refractivity (Wildman–Crippen MR) is 94.7 cm³/mol. The number of hydrogen-bond donors (Lipinski definition) is 0. The van der Waals surface area contributed by atoms with Crippen LogP contribution in [0.3, 0.4) is 0 Å². The molecule has 5 heteroatoms. The number of aromatic nitrogens is 2. The maximum atomic E-state index is 6.30. The van der Waals surface area contributed by atoms with Crippen molar-refractivity contribution in [3.8, 4) is 0 Å². The van der Waals surface area contributed by atoms with Gasteiger partial charge < -0.3 is 4.57 Å². The van der Waals surface area contributed by atoms with Crippen LogP contribution in [0.2, 0.25) is 0 Å². The minimum absolute atomic E-state index is 0.0810. The lowest BCUT2D eigenvalue weighted by atomic mass is 10.2. The first-order valence-corrected chi connectivity index (χ1v) is 8.92. The topological polar surface area (TPSA) is 17.8 Å². The molecule has 2 aromatic heterocycles. The smallest absolute Gasteiger partial charge is 0.127 e. The molecule has 0 radical (unpaired) electrons. The summed E-state index contributed by atoms with van der Waals surface area (Å²) >= 11 is 10.4. The number of thiophene rings is 1. The van der Waals surface area contributed by atoms with E-state index in [1.807, 2.05) is 6.92 Å². The van der Waals surface area contributed by atoms with Crippen molar-refractivity contribution in [2.45, 2.75) is 25.3 Å². The third-order valence-electron chi connectivity index (χ3n) is 3.30. The van der Waals surface area contributed by atoms with Gasteiger partial charge in [-0.2, -0.15) is 11.3 Å². The van der Waals surface area contributed by atoms with Crippen LogP contribution in [0.4, 0.5) is 0 Å². The van der Waals surface area contributed by atoms with Crippen LogP contribution in [0.15, 0.2) is 35.0 Å². The van der Waals surface area contributed by atoms with Gasteiger partial charge in [-0.15, -0.1) is 11.6 Å². The number of nitrogens with zero attached hydrogens (tertiary/aromatic N) is 2. The fraction of sp³-hybridized carbons (Fsp3) is 0.267. The molecule has 0 saturated carbocycles. The molecule has 0 spiro atoms. The van der Waals surface area contributed by atoms with E-state index in [9.17, 15) is 0 Å². The molecule has 3 rings (SSSR count). The van der Waals surface area contributed by atoms with E-state index >= 15 is 0 Å². The summed E-state index contributed by atoms with van der Waals surface area (Å²) in [5, 5.41) is 4.24. The second-order valence-electron chi connectivity index (χ2n) is 4.75. The molecule has 1 atom stereocenters. The highest BCUT2D eigenvalue weighted by Crippen LogP contribution is 2.26. The van der Waals surface area contributed by atoms with E-state index in [4.69, 9.17) is 16.6 Å². The highest BCUT2D eigenvalue weighted by molar-refractivity contribution is 14.1. The fourth-order valence-electron chi connectivity index (χ4n) is 2.34. The predicted octanol–water partition coefficient (Wildman–Crippen LogP) is 5.24. The lowest BCUT2D eigenvalue weighted by Crippen LogP contribution is -2.06. The molecule has 2 heterocycles. The van der Waals surface area contributed by atoms with Gasteiger partial charge >= 0.3 is 0 Å². The van der Waals surface area contributed by atoms with E-state index in [0.717, 1.165) is 24.3 Å². The summed E-state index contributed by atoms with van der Waals surface area (Å²) in [4.78, 5) is 4.70. The van der Waals surface area contributed by atoms with Crippen LogP contribution in [0.5, 0.6) is 0 Å². The Morgan fingerprint density at radius 3 is 2.95 bits per heavy atom. The van der Waals surface area contributed by atoms with Crippen LogP contribution in [0, 0.1) is 3.57 Å². The Hall–Kier alpha value is -0.590. The maximum absolute atomic E-state index is 6.30. The largest absolute Gasteiger partial charge is 0.326 e. The molecule has 104 valence electrons. The quantitative estimate of drug-likeness (QED) is 0.420. The molecule has 0 N–H and O–H groups in total. The van der Waals surface area contributed by atoms with Gasteiger partial charge in [0.05, 0.1) is 16.4 Å². The van der Waals surface area contributed by atoms with Crippen molar-refractivity contribution in [2.75, 3.05) is 0 Å². The van der Waals surface area contributed by atoms with Crippen LogP contribution < -0.4 is 0 Å². The molecule has 0 aliphatic rings. The molecule has 0 aliphatic heterocycles. The molecule has 20 heavy (non-hydrogen) atoms. The number of aryl methyl sites for hydroxylation is 2. The van der Waals surface area contributed by atoms with E-state index in [1.54, 1.807) is 11.3 Å². The van der Waals surface area contributed by atoms with Crippen molar-refractivity contribution in [1.29, 1.82) is 0 Å². The highest BCUT2D eigenvalue weighted by atomic mass is 127. The summed E-state index contributed by atoms with van der Waals surface area (Å²) in [5.74, 6) is 0.957. The Kier molecular flexibility index (Phi) is 4.33. The molecule has 0 bridgehead atoms. The van der Waals surface area contributed by atoms with Gasteiger partial charge in [-0.05, 0) is 76.5 Å². The summed E-state index contributed by atoms with van der Waals surface area (Å²) in [6.07, 6.45) is 1.01. The van der Waals surface area contributed by atoms with Crippen LogP contribution in [0.1, 0.15) is 23.7 Å². The first-order valence-electron chi connectivity index (χ1n) is 6.46. The van der Waals surface area contributed by atoms with E-state index in [1.165, 1.54) is 14.7 Å². The number of hydrogen-bond acceptors (Lipinski definition) is 2. The van der Waals surface area contributed by atoms with E-state index < -0.39 is 0 Å². The van der Waals surface area contributed by atoms with Crippen molar-refractivity contribution in [2.24, 2.45) is 0 Å². The van der Waals surface area contributed by atoms with Crippen LogP contribution in [-0.2, 0) is 13.0 Å². The van der Waals surface area contributed by atoms with Gasteiger partial charge in [0.1, 0.15) is 5.82 Å². The zero-order chi connectivity index (χ0) is 14.1. The van der Waals surface area contributed by atoms with Crippen molar-refractivity contribution in [3.63, 3.8) is 0 Å². The summed E-state index contributed by atoms with van der Waals surface area (Å²) in [6, 6.07) is 8.55. The van der Waals surface area contributed by atoms with Crippen molar-refractivity contribution in [1.82, 2.24) is 9.55 Å². The van der Waals surface area contributed by atoms with E-state index in [0.29, 0.717) is 0 Å². The zero-order valence-corrected chi connectivity index (χ0v) is 14.7. The Balaban J connectivity index is 2.00. The first kappa shape index (κ1) is 14.4. The Morgan fingerprint density at radius 1 is 1.40 bits per heavy atom. The number of imidazole rings is 1. The normalized spacial score (nSPS) is 12.9. The monoisotopic (exact) mass is 416 g/mol. The Labute approximate surface area is 140 Å². The highest BCUT2D eigenvalue weighted by Gasteiger charge is 2.15. The van der Waals surface area contributed by atoms with Gasteiger partial charge in [-0.25, -0.2) is 4.98 Å². The molecule has 2 nitrogen and oxygen atoms in total. The minimum Gasteiger partial charge on any atom is -0.326 e. The van der Waals surface area contributed by atoms with Crippen LogP contribution in [-0.4, -0.2) is 9.55 Å². The molecule has 3 aromatic rings. The molecule has 0 saturated heterocycles. The first-order chi connectivity index (χ1) is 9.65. The van der Waals surface area contributed by atoms with Gasteiger partial charge in [0.25, 0.3) is 0 Å². The molecule has 1 aromatic carbocycles. The van der Waals surface area contributed by atoms with Crippen molar-refractivity contribution < 1.29 is 0 Å². The average Bonchev–Trinajstić information content (AvgIpc) is 3.02. The average molecular weight is 417 g/mol. The number of rotatable bonds is 4. The van der Waals surface area contributed by atoms with E-state index in [-0.39, 0.29) is 5.38 Å². The van der Waals surface area contributed by atoms with Crippen LogP contribution >= 0.6 is 45.5 Å². The Bertz CT molecular complexity index is 719. The molecular formula is C15H14ClIN2S. The SMILES string of the molecule is CC(Cl)c1nc2cc(I)ccc2n1CCc1ccsc1. The van der Waals surface area contributed by atoms with Gasteiger partial charge in [0.2, 0.25) is 0 Å². The summed E-state index contributed by atoms with van der Waals surface area (Å²) in [6.45, 7) is 2.90. The standard InChI is InChI=1S/C15H14ClIN2S/c1-10(16)15-18-13-8-12(17)2-3-14(13)19(15)6-4-11-5-7-20-9-11/h2-3,5,7-10H,4,6H2,1H3. The third-order valence-corrected chi connectivity index (χ3v) is 4.90. The number of halogens is 2. The van der Waals surface area contributed by atoms with Crippen molar-refractivity contribution in [3.05, 3.63) is 50.0 Å². The zero-order valence-electron chi connectivity index (χ0n) is 11.0. The molecule has 0 aliphatic carbocycles. The second kappa shape index (κ2) is 6.03. The molecule has 1 unspecified atom stereocenters. The second-order valence-corrected chi connectivity index (χ2v) is 7.43. The molecular weight excluding hydrogens is 403 g/mol. The van der Waals surface area contributed by atoms with Gasteiger partial charge in [-0.3, -0.25) is 0 Å². The summed E-state index contributed by atoms with van der Waals surface area (Å²) in [7, 11) is 0. The lowest BCUT2D eigenvalue weighted by Gasteiger charge is -2.10. The van der Waals surface area contributed by atoms with Crippen molar-refractivity contribution >= 4 is 56.6 Å². The summed E-state index contributed by atoms with van der Waals surface area (Å²) in [5.41, 5.74) is 3.57. The van der Waals surface area contributed by atoms with Gasteiger partial charge in [-0.1, -0.05) is 0 Å². The number of alkyl halides is 1. The van der Waals surface area contributed by atoms with E-state index in [2.05, 4.69) is 62.2 Å². The van der Waals surface area contributed by atoms with Crippen LogP contribution in [0.25, 0.3) is 11.0 Å². The maximum Gasteiger partial charge on any atom is 0.127 e. The number of fused-ring (bicyclic) bond motifs is 1. The number of benzene rings is 1. The summed E-state index contributed by atoms with van der Waals surface area (Å²) < 4.78 is 3.45. The molecule has 0 fully saturated rings. The van der Waals surface area contributed by atoms with Gasteiger partial charge in [0, 0.05) is 10.1 Å². The Morgan fingerprint density at radius 2 is 2.25 bits per heavy atom. The molecule has 0 amide bonds.